The smallest absolute Gasteiger partial charge is 0.233 e. The van der Waals surface area contributed by atoms with Crippen molar-refractivity contribution >= 4 is 29.8 Å². The molecule has 0 atom stereocenters. The van der Waals surface area contributed by atoms with Gasteiger partial charge in [-0.1, -0.05) is 72.4 Å². The molecule has 0 spiro atoms. The van der Waals surface area contributed by atoms with E-state index in [1.54, 1.807) is 4.90 Å². The van der Waals surface area contributed by atoms with Crippen LogP contribution in [-0.4, -0.2) is 38.8 Å². The van der Waals surface area contributed by atoms with Gasteiger partial charge in [0.15, 0.2) is 0 Å². The third-order valence-electron chi connectivity index (χ3n) is 4.13. The van der Waals surface area contributed by atoms with Crippen molar-refractivity contribution in [2.75, 3.05) is 12.8 Å². The van der Waals surface area contributed by atoms with Gasteiger partial charge in [-0.25, -0.2) is 4.98 Å². The molecule has 0 aliphatic carbocycles. The number of amides is 1. The fraction of sp³-hybridized carbons (Fsp3) is 0.190. The van der Waals surface area contributed by atoms with Crippen molar-refractivity contribution in [3.05, 3.63) is 77.1 Å². The molecule has 1 amide bonds. The molecule has 0 saturated heterocycles. The third kappa shape index (κ3) is 5.56. The lowest BCUT2D eigenvalue weighted by atomic mass is 10.1. The molecule has 0 unspecified atom stereocenters. The molecule has 0 fully saturated rings. The molecule has 3 aromatic rings. The summed E-state index contributed by atoms with van der Waals surface area (Å²) in [7, 11) is 1.82. The highest BCUT2D eigenvalue weighted by Crippen LogP contribution is 2.15. The number of nitrogens with zero attached hydrogens (tertiary/aromatic N) is 3. The van der Waals surface area contributed by atoms with E-state index in [2.05, 4.69) is 28.2 Å². The summed E-state index contributed by atoms with van der Waals surface area (Å²) in [6.45, 7) is 2.66. The van der Waals surface area contributed by atoms with E-state index >= 15 is 0 Å². The predicted molar refractivity (Wildman–Crippen MR) is 110 cm³/mol. The number of hydrogen-bond donors (Lipinski definition) is 1. The number of H-pyrrole nitrogens is 1. The molecule has 1 aromatic heterocycles. The minimum atomic E-state index is 0.0504. The molecule has 5 nitrogen and oxygen atoms in total. The Balaban J connectivity index is 1.51. The van der Waals surface area contributed by atoms with E-state index in [1.807, 2.05) is 67.7 Å². The third-order valence-corrected chi connectivity index (χ3v) is 4.97. The molecule has 1 N–H and O–H groups in total. The maximum atomic E-state index is 12.4. The summed E-state index contributed by atoms with van der Waals surface area (Å²) in [5.41, 5.74) is 3.44. The van der Waals surface area contributed by atoms with Gasteiger partial charge < -0.3 is 4.90 Å². The predicted octanol–water partition coefficient (Wildman–Crippen LogP) is 4.03. The number of aromatic nitrogens is 3. The molecular weight excluding hydrogens is 356 g/mol. The first-order chi connectivity index (χ1) is 13.1. The Bertz CT molecular complexity index is 921. The number of aromatic amines is 1. The topological polar surface area (TPSA) is 61.9 Å². The fourth-order valence-corrected chi connectivity index (χ4v) is 3.25. The van der Waals surface area contributed by atoms with Crippen LogP contribution in [0.2, 0.25) is 0 Å². The summed E-state index contributed by atoms with van der Waals surface area (Å²) in [5, 5.41) is 7.62. The van der Waals surface area contributed by atoms with Crippen LogP contribution in [0.1, 0.15) is 22.5 Å². The lowest BCUT2D eigenvalue weighted by Crippen LogP contribution is -2.28. The maximum Gasteiger partial charge on any atom is 0.233 e. The van der Waals surface area contributed by atoms with Crippen molar-refractivity contribution < 1.29 is 4.79 Å². The number of aryl methyl sites for hydroxylation is 1. The number of hydrogen-bond acceptors (Lipinski definition) is 4. The highest BCUT2D eigenvalue weighted by molar-refractivity contribution is 7.99. The van der Waals surface area contributed by atoms with Crippen LogP contribution in [0.4, 0.5) is 0 Å². The van der Waals surface area contributed by atoms with Crippen LogP contribution >= 0.6 is 11.8 Å². The van der Waals surface area contributed by atoms with Crippen molar-refractivity contribution in [2.45, 2.75) is 18.6 Å². The van der Waals surface area contributed by atoms with Crippen molar-refractivity contribution in [1.82, 2.24) is 20.1 Å². The highest BCUT2D eigenvalue weighted by atomic mass is 32.2. The van der Waals surface area contributed by atoms with Crippen LogP contribution in [0.15, 0.2) is 59.8 Å². The van der Waals surface area contributed by atoms with Gasteiger partial charge in [0.1, 0.15) is 5.82 Å². The van der Waals surface area contributed by atoms with Gasteiger partial charge in [0, 0.05) is 13.6 Å². The molecular formula is C21H22N4OS. The summed E-state index contributed by atoms with van der Waals surface area (Å²) in [4.78, 5) is 18.5. The zero-order valence-corrected chi connectivity index (χ0v) is 16.2. The van der Waals surface area contributed by atoms with Gasteiger partial charge >= 0.3 is 0 Å². The number of carbonyl (C=O) groups is 1. The molecule has 0 bridgehead atoms. The van der Waals surface area contributed by atoms with Gasteiger partial charge in [-0.2, -0.15) is 0 Å². The minimum Gasteiger partial charge on any atom is -0.341 e. The largest absolute Gasteiger partial charge is 0.341 e. The summed E-state index contributed by atoms with van der Waals surface area (Å²) in [6, 6.07) is 18.1. The first-order valence-corrected chi connectivity index (χ1v) is 9.67. The molecule has 0 aliphatic rings. The molecule has 0 saturated carbocycles. The van der Waals surface area contributed by atoms with Gasteiger partial charge in [-0.05, 0) is 29.7 Å². The second-order valence-corrected chi connectivity index (χ2v) is 7.15. The van der Waals surface area contributed by atoms with E-state index < -0.39 is 0 Å². The van der Waals surface area contributed by atoms with Crippen LogP contribution in [0, 0.1) is 6.92 Å². The highest BCUT2D eigenvalue weighted by Gasteiger charge is 2.12. The average molecular weight is 379 g/mol. The Labute approximate surface area is 163 Å². The zero-order chi connectivity index (χ0) is 19.1. The summed E-state index contributed by atoms with van der Waals surface area (Å²) in [5.74, 6) is 1.03. The molecule has 2 aromatic carbocycles. The van der Waals surface area contributed by atoms with E-state index in [9.17, 15) is 4.79 Å². The van der Waals surface area contributed by atoms with Crippen LogP contribution < -0.4 is 0 Å². The Morgan fingerprint density at radius 3 is 2.63 bits per heavy atom. The minimum absolute atomic E-state index is 0.0504. The molecule has 1 heterocycles. The zero-order valence-electron chi connectivity index (χ0n) is 15.4. The molecule has 3 rings (SSSR count). The van der Waals surface area contributed by atoms with Crippen LogP contribution in [-0.2, 0) is 11.3 Å². The average Bonchev–Trinajstić information content (AvgIpc) is 3.15. The molecule has 138 valence electrons. The van der Waals surface area contributed by atoms with Gasteiger partial charge in [-0.15, -0.1) is 5.10 Å². The summed E-state index contributed by atoms with van der Waals surface area (Å²) in [6.07, 6.45) is 3.84. The normalized spacial score (nSPS) is 11.0. The van der Waals surface area contributed by atoms with Crippen molar-refractivity contribution in [1.29, 1.82) is 0 Å². The van der Waals surface area contributed by atoms with Gasteiger partial charge in [0.2, 0.25) is 11.1 Å². The number of benzene rings is 2. The lowest BCUT2D eigenvalue weighted by Gasteiger charge is -2.18. The van der Waals surface area contributed by atoms with E-state index in [1.165, 1.54) is 17.3 Å². The van der Waals surface area contributed by atoms with Crippen molar-refractivity contribution in [2.24, 2.45) is 0 Å². The fourth-order valence-electron chi connectivity index (χ4n) is 2.50. The Morgan fingerprint density at radius 1 is 1.11 bits per heavy atom. The number of thioether (sulfide) groups is 1. The van der Waals surface area contributed by atoms with Gasteiger partial charge in [-0.3, -0.25) is 9.89 Å². The maximum absolute atomic E-state index is 12.4. The van der Waals surface area contributed by atoms with E-state index in [0.29, 0.717) is 23.3 Å². The molecule has 27 heavy (non-hydrogen) atoms. The van der Waals surface area contributed by atoms with Crippen LogP contribution in [0.5, 0.6) is 0 Å². The Kier molecular flexibility index (Phi) is 6.44. The second-order valence-electron chi connectivity index (χ2n) is 6.21. The van der Waals surface area contributed by atoms with Gasteiger partial charge in [0.25, 0.3) is 0 Å². The van der Waals surface area contributed by atoms with Crippen molar-refractivity contribution in [3.63, 3.8) is 0 Å². The summed E-state index contributed by atoms with van der Waals surface area (Å²) >= 11 is 1.34. The number of rotatable bonds is 7. The number of nitrogens with one attached hydrogen (secondary N) is 1. The van der Waals surface area contributed by atoms with Gasteiger partial charge in [0.05, 0.1) is 5.75 Å². The molecule has 0 radical (unpaired) electrons. The number of carbonyl (C=O) groups excluding carboxylic acids is 1. The summed E-state index contributed by atoms with van der Waals surface area (Å²) < 4.78 is 0. The lowest BCUT2D eigenvalue weighted by molar-refractivity contribution is -0.127. The first-order valence-electron chi connectivity index (χ1n) is 8.68. The Hall–Kier alpha value is -2.86. The van der Waals surface area contributed by atoms with E-state index in [4.69, 9.17) is 0 Å². The quantitative estimate of drug-likeness (QED) is 0.631. The molecule has 0 aliphatic heterocycles. The van der Waals surface area contributed by atoms with Crippen molar-refractivity contribution in [3.8, 4) is 0 Å². The standard InChI is InChI=1S/C21H22N4OS/c1-16-8-6-7-11-18(16)14-25(2)20(26)15-27-21-22-19(23-24-21)13-12-17-9-4-3-5-10-17/h3-13H,14-15H2,1-2H3,(H,22,23,24)/b13-12+. The van der Waals surface area contributed by atoms with Crippen LogP contribution in [0.3, 0.4) is 0 Å². The second kappa shape index (κ2) is 9.19. The van der Waals surface area contributed by atoms with Crippen LogP contribution in [0.25, 0.3) is 12.2 Å². The molecule has 6 heteroatoms. The SMILES string of the molecule is Cc1ccccc1CN(C)C(=O)CSc1n[nH]c(/C=C/c2ccccc2)n1. The Morgan fingerprint density at radius 2 is 1.85 bits per heavy atom. The monoisotopic (exact) mass is 378 g/mol. The van der Waals surface area contributed by atoms with E-state index in [0.717, 1.165) is 11.1 Å². The van der Waals surface area contributed by atoms with E-state index in [-0.39, 0.29) is 5.91 Å². The first kappa shape index (κ1) is 18.9.